The van der Waals surface area contributed by atoms with Crippen molar-refractivity contribution >= 4 is 0 Å². The number of aliphatic hydroxyl groups excluding tert-OH is 1. The number of rotatable bonds is 3. The van der Waals surface area contributed by atoms with Gasteiger partial charge in [0, 0.05) is 13.2 Å². The van der Waals surface area contributed by atoms with Crippen LogP contribution in [0.15, 0.2) is 0 Å². The van der Waals surface area contributed by atoms with Crippen LogP contribution in [0.25, 0.3) is 0 Å². The predicted octanol–water partition coefficient (Wildman–Crippen LogP) is 1.49. The molecule has 2 fully saturated rings. The number of aliphatic hydroxyl groups is 1. The van der Waals surface area contributed by atoms with Crippen molar-refractivity contribution in [3.63, 3.8) is 0 Å². The summed E-state index contributed by atoms with van der Waals surface area (Å²) in [4.78, 5) is 2.59. The van der Waals surface area contributed by atoms with Crippen LogP contribution in [-0.2, 0) is 0 Å². The molecule has 0 atom stereocenters. The molecule has 0 radical (unpaired) electrons. The second kappa shape index (κ2) is 4.43. The van der Waals surface area contributed by atoms with Gasteiger partial charge in [-0.1, -0.05) is 6.42 Å². The maximum absolute atomic E-state index is 9.00. The van der Waals surface area contributed by atoms with Crippen LogP contribution in [0, 0.1) is 11.8 Å². The van der Waals surface area contributed by atoms with E-state index in [4.69, 9.17) is 5.11 Å². The summed E-state index contributed by atoms with van der Waals surface area (Å²) in [6, 6.07) is 0. The highest BCUT2D eigenvalue weighted by Gasteiger charge is 2.23. The molecule has 2 nitrogen and oxygen atoms in total. The molecule has 1 aliphatic carbocycles. The highest BCUT2D eigenvalue weighted by Crippen LogP contribution is 2.28. The van der Waals surface area contributed by atoms with E-state index >= 15 is 0 Å². The zero-order chi connectivity index (χ0) is 9.10. The number of likely N-dealkylation sites (tertiary alicyclic amines) is 1. The minimum Gasteiger partial charge on any atom is -0.396 e. The lowest BCUT2D eigenvalue weighted by atomic mass is 9.84. The monoisotopic (exact) mass is 183 g/mol. The molecule has 13 heavy (non-hydrogen) atoms. The molecular formula is C11H21NO. The number of nitrogens with zero attached hydrogens (tertiary/aromatic N) is 1. The summed E-state index contributed by atoms with van der Waals surface area (Å²) in [6.45, 7) is 4.18. The van der Waals surface area contributed by atoms with Gasteiger partial charge >= 0.3 is 0 Å². The predicted molar refractivity (Wildman–Crippen MR) is 53.6 cm³/mol. The molecule has 2 rings (SSSR count). The van der Waals surface area contributed by atoms with Crippen molar-refractivity contribution < 1.29 is 5.11 Å². The van der Waals surface area contributed by atoms with Crippen molar-refractivity contribution in [3.8, 4) is 0 Å². The number of hydrogen-bond acceptors (Lipinski definition) is 2. The van der Waals surface area contributed by atoms with Crippen LogP contribution in [0.5, 0.6) is 0 Å². The van der Waals surface area contributed by atoms with Gasteiger partial charge in [0.1, 0.15) is 0 Å². The molecule has 1 aliphatic heterocycles. The minimum atomic E-state index is 0.400. The Kier molecular flexibility index (Phi) is 3.23. The standard InChI is InChI=1S/C11H21NO/c13-9-11-4-6-12(7-5-11)8-10-2-1-3-10/h10-11,13H,1-9H2. The second-order valence-corrected chi connectivity index (χ2v) is 4.72. The van der Waals surface area contributed by atoms with Gasteiger partial charge in [-0.2, -0.15) is 0 Å². The summed E-state index contributed by atoms with van der Waals surface area (Å²) < 4.78 is 0. The smallest absolute Gasteiger partial charge is 0.0460 e. The van der Waals surface area contributed by atoms with Crippen LogP contribution in [0.2, 0.25) is 0 Å². The maximum atomic E-state index is 9.00. The summed E-state index contributed by atoms with van der Waals surface area (Å²) >= 11 is 0. The van der Waals surface area contributed by atoms with E-state index in [0.717, 1.165) is 5.92 Å². The number of piperidine rings is 1. The lowest BCUT2D eigenvalue weighted by Gasteiger charge is -2.36. The Morgan fingerprint density at radius 1 is 1.00 bits per heavy atom. The molecule has 1 heterocycles. The second-order valence-electron chi connectivity index (χ2n) is 4.72. The van der Waals surface area contributed by atoms with E-state index in [1.807, 2.05) is 0 Å². The Bertz CT molecular complexity index is 148. The van der Waals surface area contributed by atoms with Crippen molar-refractivity contribution in [2.24, 2.45) is 11.8 Å². The first kappa shape index (κ1) is 9.47. The molecule has 0 aromatic heterocycles. The first-order chi connectivity index (χ1) is 6.38. The van der Waals surface area contributed by atoms with Crippen molar-refractivity contribution in [1.29, 1.82) is 0 Å². The Morgan fingerprint density at radius 2 is 1.69 bits per heavy atom. The SMILES string of the molecule is OCC1CCN(CC2CCC2)CC1. The zero-order valence-corrected chi connectivity index (χ0v) is 8.41. The molecular weight excluding hydrogens is 162 g/mol. The summed E-state index contributed by atoms with van der Waals surface area (Å²) in [5, 5.41) is 9.00. The molecule has 0 aromatic carbocycles. The molecule has 0 aromatic rings. The summed E-state index contributed by atoms with van der Waals surface area (Å²) in [5.74, 6) is 1.60. The van der Waals surface area contributed by atoms with Crippen LogP contribution in [0.3, 0.4) is 0 Å². The van der Waals surface area contributed by atoms with E-state index in [0.29, 0.717) is 12.5 Å². The Hall–Kier alpha value is -0.0800. The fourth-order valence-electron chi connectivity index (χ4n) is 2.39. The van der Waals surface area contributed by atoms with Crippen molar-refractivity contribution in [2.75, 3.05) is 26.2 Å². The van der Waals surface area contributed by atoms with Crippen LogP contribution in [0.1, 0.15) is 32.1 Å². The van der Waals surface area contributed by atoms with Crippen LogP contribution < -0.4 is 0 Å². The first-order valence-electron chi connectivity index (χ1n) is 5.71. The Balaban J connectivity index is 1.65. The van der Waals surface area contributed by atoms with E-state index in [9.17, 15) is 0 Å². The first-order valence-corrected chi connectivity index (χ1v) is 5.71. The molecule has 0 amide bonds. The highest BCUT2D eigenvalue weighted by molar-refractivity contribution is 4.77. The average Bonchev–Trinajstić information content (AvgIpc) is 2.12. The Labute approximate surface area is 80.9 Å². The lowest BCUT2D eigenvalue weighted by molar-refractivity contribution is 0.104. The van der Waals surface area contributed by atoms with Gasteiger partial charge in [-0.3, -0.25) is 0 Å². The minimum absolute atomic E-state index is 0.400. The van der Waals surface area contributed by atoms with Gasteiger partial charge in [-0.25, -0.2) is 0 Å². The zero-order valence-electron chi connectivity index (χ0n) is 8.41. The van der Waals surface area contributed by atoms with Gasteiger partial charge in [0.25, 0.3) is 0 Å². The van der Waals surface area contributed by atoms with Gasteiger partial charge < -0.3 is 10.0 Å². The van der Waals surface area contributed by atoms with Crippen molar-refractivity contribution in [2.45, 2.75) is 32.1 Å². The molecule has 1 saturated heterocycles. The van der Waals surface area contributed by atoms with E-state index < -0.39 is 0 Å². The van der Waals surface area contributed by atoms with Gasteiger partial charge in [0.2, 0.25) is 0 Å². The molecule has 76 valence electrons. The quantitative estimate of drug-likeness (QED) is 0.716. The normalized spacial score (nSPS) is 27.5. The van der Waals surface area contributed by atoms with E-state index in [1.165, 1.54) is 51.7 Å². The third-order valence-corrected chi connectivity index (χ3v) is 3.71. The maximum Gasteiger partial charge on any atom is 0.0460 e. The fraction of sp³-hybridized carbons (Fsp3) is 1.00. The molecule has 0 bridgehead atoms. The third-order valence-electron chi connectivity index (χ3n) is 3.71. The topological polar surface area (TPSA) is 23.5 Å². The molecule has 1 saturated carbocycles. The van der Waals surface area contributed by atoms with Gasteiger partial charge in [-0.15, -0.1) is 0 Å². The fourth-order valence-corrected chi connectivity index (χ4v) is 2.39. The summed E-state index contributed by atoms with van der Waals surface area (Å²) in [6.07, 6.45) is 6.80. The van der Waals surface area contributed by atoms with Crippen molar-refractivity contribution in [3.05, 3.63) is 0 Å². The van der Waals surface area contributed by atoms with Crippen molar-refractivity contribution in [1.82, 2.24) is 4.90 Å². The molecule has 0 spiro atoms. The molecule has 1 N–H and O–H groups in total. The van der Waals surface area contributed by atoms with E-state index in [-0.39, 0.29) is 0 Å². The van der Waals surface area contributed by atoms with Gasteiger partial charge in [0.15, 0.2) is 0 Å². The highest BCUT2D eigenvalue weighted by atomic mass is 16.3. The summed E-state index contributed by atoms with van der Waals surface area (Å²) in [7, 11) is 0. The van der Waals surface area contributed by atoms with Gasteiger partial charge in [0.05, 0.1) is 0 Å². The number of hydrogen-bond donors (Lipinski definition) is 1. The van der Waals surface area contributed by atoms with Crippen LogP contribution in [0.4, 0.5) is 0 Å². The Morgan fingerprint density at radius 3 is 2.15 bits per heavy atom. The van der Waals surface area contributed by atoms with E-state index in [1.54, 1.807) is 0 Å². The summed E-state index contributed by atoms with van der Waals surface area (Å²) in [5.41, 5.74) is 0. The largest absolute Gasteiger partial charge is 0.396 e. The third kappa shape index (κ3) is 2.44. The molecule has 0 unspecified atom stereocenters. The van der Waals surface area contributed by atoms with Gasteiger partial charge in [-0.05, 0) is 50.6 Å². The van der Waals surface area contributed by atoms with Crippen LogP contribution in [-0.4, -0.2) is 36.2 Å². The van der Waals surface area contributed by atoms with E-state index in [2.05, 4.69) is 4.90 Å². The average molecular weight is 183 g/mol. The molecule has 2 heteroatoms. The van der Waals surface area contributed by atoms with Crippen LogP contribution >= 0.6 is 0 Å². The molecule has 2 aliphatic rings. The lowest BCUT2D eigenvalue weighted by Crippen LogP contribution is -2.39.